The fourth-order valence-electron chi connectivity index (χ4n) is 1.75. The summed E-state index contributed by atoms with van der Waals surface area (Å²) in [5, 5.41) is 0. The van der Waals surface area contributed by atoms with Crippen molar-refractivity contribution in [2.75, 3.05) is 0 Å². The molecule has 0 radical (unpaired) electrons. The molecule has 96 valence electrons. The minimum absolute atomic E-state index is 0. The normalized spacial score (nSPS) is 26.4. The first kappa shape index (κ1) is 16.6. The first-order valence-electron chi connectivity index (χ1n) is 6.63. The van der Waals surface area contributed by atoms with E-state index < -0.39 is 0 Å². The molecular weight excluding hydrogens is 387 g/mol. The predicted octanol–water partition coefficient (Wildman–Crippen LogP) is 5.34. The molecule has 0 spiro atoms. The van der Waals surface area contributed by atoms with Gasteiger partial charge < -0.3 is 0 Å². The van der Waals surface area contributed by atoms with Crippen LogP contribution in [0.25, 0.3) is 0 Å². The number of hydrogen-bond acceptors (Lipinski definition) is 0. The van der Waals surface area contributed by atoms with E-state index in [4.69, 9.17) is 0 Å². The zero-order chi connectivity index (χ0) is 11.3. The molecule has 0 N–H and O–H groups in total. The van der Waals surface area contributed by atoms with E-state index in [1.807, 2.05) is 0 Å². The Morgan fingerprint density at radius 1 is 0.412 bits per heavy atom. The Hall–Kier alpha value is -0.352. The molecule has 0 saturated carbocycles. The summed E-state index contributed by atoms with van der Waals surface area (Å²) in [5.41, 5.74) is 0. The number of rotatable bonds is 0. The van der Waals surface area contributed by atoms with Gasteiger partial charge in [0.25, 0.3) is 0 Å². The molecule has 1 heteroatoms. The van der Waals surface area contributed by atoms with Crippen molar-refractivity contribution in [2.45, 2.75) is 51.4 Å². The van der Waals surface area contributed by atoms with Crippen molar-refractivity contribution in [1.29, 1.82) is 0 Å². The van der Waals surface area contributed by atoms with Crippen LogP contribution in [-0.4, -0.2) is 0 Å². The number of allylic oxidation sites excluding steroid dienone is 8. The van der Waals surface area contributed by atoms with Crippen LogP contribution in [0.4, 0.5) is 0 Å². The monoisotopic (exact) mass is 411 g/mol. The second-order valence-corrected chi connectivity index (χ2v) is 4.28. The molecule has 0 saturated heterocycles. The van der Waals surface area contributed by atoms with E-state index in [2.05, 4.69) is 48.6 Å². The summed E-state index contributed by atoms with van der Waals surface area (Å²) in [7, 11) is 0. The Bertz CT molecular complexity index is 203. The van der Waals surface area contributed by atoms with Gasteiger partial charge in [-0.3, -0.25) is 0 Å². The molecule has 0 aliphatic heterocycles. The van der Waals surface area contributed by atoms with Crippen molar-refractivity contribution >= 4 is 0 Å². The molecule has 0 atom stereocenters. The van der Waals surface area contributed by atoms with Crippen molar-refractivity contribution in [2.24, 2.45) is 0 Å². The summed E-state index contributed by atoms with van der Waals surface area (Å²) in [6, 6.07) is 0. The van der Waals surface area contributed by atoms with E-state index >= 15 is 0 Å². The molecule has 0 unspecified atom stereocenters. The summed E-state index contributed by atoms with van der Waals surface area (Å²) < 4.78 is 0. The Morgan fingerprint density at radius 3 is 0.882 bits per heavy atom. The molecule has 0 amide bonds. The van der Waals surface area contributed by atoms with E-state index in [1.54, 1.807) is 0 Å². The topological polar surface area (TPSA) is 0 Å². The first-order valence-corrected chi connectivity index (χ1v) is 6.63. The Balaban J connectivity index is 0.000000284. The van der Waals surface area contributed by atoms with Gasteiger partial charge in [-0.1, -0.05) is 48.6 Å². The average Bonchev–Trinajstić information content (AvgIpc) is 2.15. The van der Waals surface area contributed by atoms with Crippen LogP contribution < -0.4 is 0 Å². The van der Waals surface area contributed by atoms with E-state index in [0.29, 0.717) is 0 Å². The van der Waals surface area contributed by atoms with Gasteiger partial charge in [-0.05, 0) is 51.4 Å². The van der Waals surface area contributed by atoms with Crippen molar-refractivity contribution in [3.8, 4) is 0 Å². The van der Waals surface area contributed by atoms with Gasteiger partial charge >= 0.3 is 21.1 Å². The Morgan fingerprint density at radius 2 is 0.647 bits per heavy atom. The maximum absolute atomic E-state index is 2.23. The molecule has 0 aromatic rings. The minimum atomic E-state index is 0. The first-order chi connectivity index (χ1) is 8.00. The Kier molecular flexibility index (Phi) is 13.4. The molecule has 0 heterocycles. The third-order valence-corrected chi connectivity index (χ3v) is 2.75. The van der Waals surface area contributed by atoms with Crippen molar-refractivity contribution in [3.05, 3.63) is 48.6 Å². The van der Waals surface area contributed by atoms with Crippen molar-refractivity contribution < 1.29 is 21.1 Å². The molecule has 0 aromatic carbocycles. The fraction of sp³-hybridized carbons (Fsp3) is 0.500. The summed E-state index contributed by atoms with van der Waals surface area (Å²) in [5.74, 6) is 0. The van der Waals surface area contributed by atoms with Gasteiger partial charge in [0.05, 0.1) is 0 Å². The maximum atomic E-state index is 2.23. The quantitative estimate of drug-likeness (QED) is 0.505. The SMILES string of the molecule is C1=C\CCCC\C=C/1.C1=C\CCCC\C=C/1.[Pt+2]. The largest absolute Gasteiger partial charge is 2.00 e. The van der Waals surface area contributed by atoms with Crippen LogP contribution in [0, 0.1) is 0 Å². The molecule has 17 heavy (non-hydrogen) atoms. The van der Waals surface area contributed by atoms with Gasteiger partial charge in [-0.2, -0.15) is 0 Å². The van der Waals surface area contributed by atoms with E-state index in [-0.39, 0.29) is 21.1 Å². The van der Waals surface area contributed by atoms with Gasteiger partial charge in [0.15, 0.2) is 0 Å². The van der Waals surface area contributed by atoms with Crippen LogP contribution in [0.1, 0.15) is 51.4 Å². The van der Waals surface area contributed by atoms with Gasteiger partial charge in [0.1, 0.15) is 0 Å². The molecular formula is C16H24Pt+2. The summed E-state index contributed by atoms with van der Waals surface area (Å²) >= 11 is 0. The predicted molar refractivity (Wildman–Crippen MR) is 73.5 cm³/mol. The number of hydrogen-bond donors (Lipinski definition) is 0. The van der Waals surface area contributed by atoms with E-state index in [0.717, 1.165) is 0 Å². The van der Waals surface area contributed by atoms with Gasteiger partial charge in [0.2, 0.25) is 0 Å². The third kappa shape index (κ3) is 11.9. The van der Waals surface area contributed by atoms with E-state index in [9.17, 15) is 0 Å². The van der Waals surface area contributed by atoms with Gasteiger partial charge in [-0.15, -0.1) is 0 Å². The maximum Gasteiger partial charge on any atom is 2.00 e. The molecule has 0 nitrogen and oxygen atoms in total. The van der Waals surface area contributed by atoms with Crippen LogP contribution in [0.2, 0.25) is 0 Å². The molecule has 2 aliphatic carbocycles. The van der Waals surface area contributed by atoms with Crippen LogP contribution in [0.3, 0.4) is 0 Å². The zero-order valence-electron chi connectivity index (χ0n) is 10.6. The van der Waals surface area contributed by atoms with Crippen LogP contribution in [0.5, 0.6) is 0 Å². The standard InChI is InChI=1S/2C8H12.Pt/c2*1-2-4-6-8-7-5-3-1;/h2*1-4H,5-8H2;/q;;+2/b2*3-1-,4-2-;. The van der Waals surface area contributed by atoms with Crippen LogP contribution >= 0.6 is 0 Å². The fourth-order valence-corrected chi connectivity index (χ4v) is 1.75. The smallest absolute Gasteiger partial charge is 0.0845 e. The summed E-state index contributed by atoms with van der Waals surface area (Å²) in [6.45, 7) is 0. The van der Waals surface area contributed by atoms with Crippen molar-refractivity contribution in [1.82, 2.24) is 0 Å². The molecule has 2 rings (SSSR count). The van der Waals surface area contributed by atoms with Crippen LogP contribution in [0.15, 0.2) is 48.6 Å². The Labute approximate surface area is 121 Å². The molecule has 0 fully saturated rings. The second-order valence-electron chi connectivity index (χ2n) is 4.28. The molecule has 2 aliphatic rings. The average molecular weight is 411 g/mol. The van der Waals surface area contributed by atoms with Crippen molar-refractivity contribution in [3.63, 3.8) is 0 Å². The summed E-state index contributed by atoms with van der Waals surface area (Å²) in [4.78, 5) is 0. The third-order valence-electron chi connectivity index (χ3n) is 2.75. The van der Waals surface area contributed by atoms with Gasteiger partial charge in [0, 0.05) is 0 Å². The second kappa shape index (κ2) is 13.7. The van der Waals surface area contributed by atoms with Gasteiger partial charge in [-0.25, -0.2) is 0 Å². The molecule has 0 bridgehead atoms. The summed E-state index contributed by atoms with van der Waals surface area (Å²) in [6.07, 6.45) is 28.0. The zero-order valence-corrected chi connectivity index (χ0v) is 12.9. The van der Waals surface area contributed by atoms with Crippen LogP contribution in [-0.2, 0) is 21.1 Å². The minimum Gasteiger partial charge on any atom is -0.0845 e. The van der Waals surface area contributed by atoms with E-state index in [1.165, 1.54) is 51.4 Å². The molecule has 0 aromatic heterocycles.